The molecule has 0 heterocycles. The zero-order chi connectivity index (χ0) is 16.9. The van der Waals surface area contributed by atoms with Crippen LogP contribution in [0.2, 0.25) is 0 Å². The highest BCUT2D eigenvalue weighted by molar-refractivity contribution is 6.01. The van der Waals surface area contributed by atoms with Crippen LogP contribution in [-0.4, -0.2) is 5.71 Å². The Balaban J connectivity index is 1.61. The minimum absolute atomic E-state index is 0.414. The maximum atomic E-state index is 4.73. The molecule has 0 saturated heterocycles. The molecule has 122 valence electrons. The first-order valence-electron chi connectivity index (χ1n) is 8.60. The molecule has 0 aromatic heterocycles. The number of nitrogens with zero attached hydrogens (tertiary/aromatic N) is 1. The third-order valence-electron chi connectivity index (χ3n) is 4.43. The van der Waals surface area contributed by atoms with Gasteiger partial charge >= 0.3 is 0 Å². The molecular formula is C23H20N2. The fourth-order valence-electron chi connectivity index (χ4n) is 3.09. The standard InChI is InChI=1S/C23H20N2/c1-2-11-20(12-3-1)23(16-18-8-4-5-9-18)25-24-22-15-14-19-10-6-7-13-21(19)17-22/h1-15,17-18,24H,16H2. The number of hydrogen-bond donors (Lipinski definition) is 1. The van der Waals surface area contributed by atoms with Crippen LogP contribution in [0.5, 0.6) is 0 Å². The lowest BCUT2D eigenvalue weighted by Gasteiger charge is -2.11. The van der Waals surface area contributed by atoms with E-state index in [1.807, 2.05) is 6.07 Å². The van der Waals surface area contributed by atoms with Crippen LogP contribution in [0.25, 0.3) is 10.8 Å². The summed E-state index contributed by atoms with van der Waals surface area (Å²) < 4.78 is 0. The Kier molecular flexibility index (Phi) is 4.42. The normalized spacial score (nSPS) is 14.3. The monoisotopic (exact) mass is 324 g/mol. The molecule has 1 N–H and O–H groups in total. The second-order valence-electron chi connectivity index (χ2n) is 6.24. The van der Waals surface area contributed by atoms with E-state index in [1.54, 1.807) is 0 Å². The first-order valence-corrected chi connectivity index (χ1v) is 8.60. The molecule has 0 unspecified atom stereocenters. The van der Waals surface area contributed by atoms with Crippen LogP contribution < -0.4 is 5.43 Å². The molecule has 3 aromatic rings. The van der Waals surface area contributed by atoms with Gasteiger partial charge in [-0.25, -0.2) is 0 Å². The van der Waals surface area contributed by atoms with Crippen molar-refractivity contribution in [2.45, 2.75) is 6.42 Å². The first kappa shape index (κ1) is 15.4. The van der Waals surface area contributed by atoms with Crippen molar-refractivity contribution < 1.29 is 0 Å². The third kappa shape index (κ3) is 3.69. The highest BCUT2D eigenvalue weighted by Crippen LogP contribution is 2.21. The predicted molar refractivity (Wildman–Crippen MR) is 107 cm³/mol. The van der Waals surface area contributed by atoms with Gasteiger partial charge in [-0.05, 0) is 28.5 Å². The van der Waals surface area contributed by atoms with E-state index in [0.717, 1.165) is 23.4 Å². The number of nitrogens with one attached hydrogen (secondary N) is 1. The Morgan fingerprint density at radius 3 is 2.32 bits per heavy atom. The summed E-state index contributed by atoms with van der Waals surface area (Å²) in [6, 6.07) is 25.1. The molecule has 2 heteroatoms. The largest absolute Gasteiger partial charge is 0.278 e. The van der Waals surface area contributed by atoms with Crippen LogP contribution >= 0.6 is 0 Å². The Morgan fingerprint density at radius 2 is 1.52 bits per heavy atom. The minimum atomic E-state index is 0.414. The van der Waals surface area contributed by atoms with Crippen molar-refractivity contribution in [1.82, 2.24) is 0 Å². The number of hydrogen-bond acceptors (Lipinski definition) is 2. The summed E-state index contributed by atoms with van der Waals surface area (Å²) in [5.74, 6) is 0.414. The van der Waals surface area contributed by atoms with E-state index in [1.165, 1.54) is 10.8 Å². The van der Waals surface area contributed by atoms with Gasteiger partial charge in [0.05, 0.1) is 11.4 Å². The Bertz CT molecular complexity index is 940. The summed E-state index contributed by atoms with van der Waals surface area (Å²) in [4.78, 5) is 0. The van der Waals surface area contributed by atoms with Crippen LogP contribution in [-0.2, 0) is 0 Å². The van der Waals surface area contributed by atoms with E-state index in [9.17, 15) is 0 Å². The number of hydrazone groups is 1. The van der Waals surface area contributed by atoms with Gasteiger partial charge in [0.2, 0.25) is 0 Å². The summed E-state index contributed by atoms with van der Waals surface area (Å²) in [6.45, 7) is 0. The Morgan fingerprint density at radius 1 is 0.800 bits per heavy atom. The molecule has 0 atom stereocenters. The average Bonchev–Trinajstić information content (AvgIpc) is 3.19. The van der Waals surface area contributed by atoms with Crippen molar-refractivity contribution in [1.29, 1.82) is 0 Å². The van der Waals surface area contributed by atoms with E-state index in [-0.39, 0.29) is 0 Å². The molecule has 4 rings (SSSR count). The second kappa shape index (κ2) is 7.18. The van der Waals surface area contributed by atoms with Crippen molar-refractivity contribution in [3.8, 4) is 0 Å². The van der Waals surface area contributed by atoms with Crippen LogP contribution in [0, 0.1) is 5.92 Å². The molecule has 0 saturated carbocycles. The smallest absolute Gasteiger partial charge is 0.0688 e. The van der Waals surface area contributed by atoms with E-state index >= 15 is 0 Å². The van der Waals surface area contributed by atoms with Crippen LogP contribution in [0.3, 0.4) is 0 Å². The van der Waals surface area contributed by atoms with Gasteiger partial charge in [-0.3, -0.25) is 5.43 Å². The maximum absolute atomic E-state index is 4.73. The molecule has 3 aromatic carbocycles. The van der Waals surface area contributed by atoms with Gasteiger partial charge in [-0.2, -0.15) is 5.10 Å². The van der Waals surface area contributed by atoms with E-state index in [2.05, 4.69) is 96.5 Å². The molecule has 0 radical (unpaired) electrons. The summed E-state index contributed by atoms with van der Waals surface area (Å²) >= 11 is 0. The van der Waals surface area contributed by atoms with E-state index in [0.29, 0.717) is 5.92 Å². The topological polar surface area (TPSA) is 24.4 Å². The number of benzene rings is 3. The molecule has 0 fully saturated rings. The lowest BCUT2D eigenvalue weighted by Crippen LogP contribution is -2.08. The molecule has 1 aliphatic carbocycles. The second-order valence-corrected chi connectivity index (χ2v) is 6.24. The minimum Gasteiger partial charge on any atom is -0.278 e. The lowest BCUT2D eigenvalue weighted by atomic mass is 9.99. The van der Waals surface area contributed by atoms with Gasteiger partial charge in [0.15, 0.2) is 0 Å². The predicted octanol–water partition coefficient (Wildman–Crippen LogP) is 5.79. The lowest BCUT2D eigenvalue weighted by molar-refractivity contribution is 0.873. The number of allylic oxidation sites excluding steroid dienone is 4. The molecule has 1 aliphatic rings. The van der Waals surface area contributed by atoms with Gasteiger partial charge in [0.1, 0.15) is 0 Å². The summed E-state index contributed by atoms with van der Waals surface area (Å²) in [5.41, 5.74) is 6.48. The third-order valence-corrected chi connectivity index (χ3v) is 4.43. The van der Waals surface area contributed by atoms with Crippen molar-refractivity contribution in [2.24, 2.45) is 11.0 Å². The zero-order valence-electron chi connectivity index (χ0n) is 14.0. The molecule has 2 nitrogen and oxygen atoms in total. The number of rotatable bonds is 5. The summed E-state index contributed by atoms with van der Waals surface area (Å²) in [6.07, 6.45) is 9.52. The van der Waals surface area contributed by atoms with Gasteiger partial charge in [0.25, 0.3) is 0 Å². The fraction of sp³-hybridized carbons (Fsp3) is 0.0870. The van der Waals surface area contributed by atoms with Crippen molar-refractivity contribution in [3.63, 3.8) is 0 Å². The Hall–Kier alpha value is -3.13. The first-order chi connectivity index (χ1) is 12.4. The van der Waals surface area contributed by atoms with E-state index < -0.39 is 0 Å². The van der Waals surface area contributed by atoms with Crippen LogP contribution in [0.4, 0.5) is 5.69 Å². The van der Waals surface area contributed by atoms with Crippen molar-refractivity contribution in [2.75, 3.05) is 5.43 Å². The van der Waals surface area contributed by atoms with Gasteiger partial charge in [-0.1, -0.05) is 85.0 Å². The van der Waals surface area contributed by atoms with Crippen LogP contribution in [0.15, 0.2) is 102 Å². The maximum Gasteiger partial charge on any atom is 0.0688 e. The van der Waals surface area contributed by atoms with Gasteiger partial charge < -0.3 is 0 Å². The summed E-state index contributed by atoms with van der Waals surface area (Å²) in [7, 11) is 0. The Labute approximate surface area is 148 Å². The quantitative estimate of drug-likeness (QED) is 0.466. The molecule has 0 bridgehead atoms. The number of fused-ring (bicyclic) bond motifs is 1. The molecule has 0 aliphatic heterocycles. The van der Waals surface area contributed by atoms with Crippen LogP contribution in [0.1, 0.15) is 12.0 Å². The zero-order valence-corrected chi connectivity index (χ0v) is 14.0. The highest BCUT2D eigenvalue weighted by Gasteiger charge is 2.11. The number of anilines is 1. The molecule has 0 amide bonds. The van der Waals surface area contributed by atoms with Gasteiger partial charge in [0, 0.05) is 12.3 Å². The van der Waals surface area contributed by atoms with Crippen molar-refractivity contribution in [3.05, 3.63) is 103 Å². The molecular weight excluding hydrogens is 304 g/mol. The fourth-order valence-corrected chi connectivity index (χ4v) is 3.09. The molecule has 25 heavy (non-hydrogen) atoms. The average molecular weight is 324 g/mol. The SMILES string of the molecule is C1=CC(CC(=NNc2ccc3ccccc3c2)c2ccccc2)C=C1. The molecule has 0 spiro atoms. The van der Waals surface area contributed by atoms with E-state index in [4.69, 9.17) is 5.10 Å². The van der Waals surface area contributed by atoms with Crippen molar-refractivity contribution >= 4 is 22.2 Å². The highest BCUT2D eigenvalue weighted by atomic mass is 15.3. The van der Waals surface area contributed by atoms with Gasteiger partial charge in [-0.15, -0.1) is 0 Å². The summed E-state index contributed by atoms with van der Waals surface area (Å²) in [5, 5.41) is 7.18.